The number of methoxy groups -OCH3 is 1. The molecule has 4 aliphatic heterocycles. The molecule has 2 spiro atoms. The van der Waals surface area contributed by atoms with Crippen molar-refractivity contribution in [2.45, 2.75) is 64.6 Å². The number of ether oxygens (including phenoxy) is 2. The monoisotopic (exact) mass is 720 g/mol. The van der Waals surface area contributed by atoms with Crippen molar-refractivity contribution in [3.05, 3.63) is 88.5 Å². The Hall–Kier alpha value is -4.90. The minimum Gasteiger partial charge on any atom is -0.496 e. The van der Waals surface area contributed by atoms with E-state index in [0.29, 0.717) is 11.1 Å². The first-order valence-electron chi connectivity index (χ1n) is 18.7. The first-order valence-corrected chi connectivity index (χ1v) is 21.2. The lowest BCUT2D eigenvalue weighted by atomic mass is 9.78. The van der Waals surface area contributed by atoms with Gasteiger partial charge in [-0.2, -0.15) is 0 Å². The van der Waals surface area contributed by atoms with Gasteiger partial charge in [0.05, 0.1) is 18.2 Å². The zero-order valence-corrected chi connectivity index (χ0v) is 31.8. The van der Waals surface area contributed by atoms with Crippen molar-refractivity contribution in [1.29, 1.82) is 0 Å². The van der Waals surface area contributed by atoms with Crippen LogP contribution in [0.25, 0.3) is 0 Å². The van der Waals surface area contributed by atoms with Crippen LogP contribution < -0.4 is 30.2 Å². The molecule has 52 heavy (non-hydrogen) atoms. The number of carbonyl (C=O) groups excluding carboxylic acids is 4. The Morgan fingerprint density at radius 1 is 0.808 bits per heavy atom. The molecule has 0 aromatic heterocycles. The first kappa shape index (κ1) is 35.5. The third-order valence-corrected chi connectivity index (χ3v) is 17.0. The molecule has 11 heteroatoms. The van der Waals surface area contributed by atoms with Crippen molar-refractivity contribution in [2.75, 3.05) is 56.2 Å². The molecular weight excluding hydrogens is 673 g/mol. The topological polar surface area (TPSA) is 108 Å². The van der Waals surface area contributed by atoms with Gasteiger partial charge in [-0.1, -0.05) is 31.4 Å². The SMILES string of the molecule is CCN(CC)c1ccc2c(c1)[Si]1(CCCCC1)c1cc(N(CC)CC)ccc1C21OC(=O)c2cc(OC)c(C(=O)NCCN3C(=O)C=CC3=O)cc21. The highest BCUT2D eigenvalue weighted by atomic mass is 28.3. The van der Waals surface area contributed by atoms with Gasteiger partial charge in [-0.15, -0.1) is 0 Å². The Balaban J connectivity index is 1.43. The largest absolute Gasteiger partial charge is 0.496 e. The van der Waals surface area contributed by atoms with Crippen LogP contribution in [-0.2, 0) is 19.9 Å². The number of amides is 3. The summed E-state index contributed by atoms with van der Waals surface area (Å²) in [6.45, 7) is 12.3. The lowest BCUT2D eigenvalue weighted by Crippen LogP contribution is -2.67. The molecule has 0 saturated carbocycles. The summed E-state index contributed by atoms with van der Waals surface area (Å²) < 4.78 is 12.4. The number of benzene rings is 3. The summed E-state index contributed by atoms with van der Waals surface area (Å²) in [4.78, 5) is 58.1. The Kier molecular flexibility index (Phi) is 9.50. The second-order valence-corrected chi connectivity index (χ2v) is 18.3. The Bertz CT molecular complexity index is 1890. The van der Waals surface area contributed by atoms with Gasteiger partial charge in [-0.25, -0.2) is 4.79 Å². The number of hydrogen-bond acceptors (Lipinski definition) is 8. The molecular formula is C41H48N4O6Si. The minimum atomic E-state index is -2.36. The van der Waals surface area contributed by atoms with Gasteiger partial charge < -0.3 is 24.6 Å². The molecule has 1 fully saturated rings. The van der Waals surface area contributed by atoms with Crippen molar-refractivity contribution < 1.29 is 28.7 Å². The molecule has 0 aliphatic carbocycles. The normalized spacial score (nSPS) is 17.6. The van der Waals surface area contributed by atoms with Crippen molar-refractivity contribution in [2.24, 2.45) is 0 Å². The lowest BCUT2D eigenvalue weighted by Gasteiger charge is -2.48. The molecule has 3 aromatic rings. The molecule has 0 unspecified atom stereocenters. The summed E-state index contributed by atoms with van der Waals surface area (Å²) in [5.41, 5.74) is 4.28. The zero-order chi connectivity index (χ0) is 36.8. The standard InChI is InChI=1S/C41H48N4O6Si/c1-6-43(7-2)27-13-15-31-35(23-27)52(21-11-10-12-22-52)36-24-28(44(8-3)9-4)14-16-32(36)41(31)33-25-30(34(50-5)26-29(33)40(49)51-41)39(48)42-19-20-45-37(46)17-18-38(45)47/h13-18,23-26H,6-12,19-22H2,1-5H3,(H,42,48). The van der Waals surface area contributed by atoms with Crippen LogP contribution in [0, 0.1) is 0 Å². The molecule has 4 aliphatic rings. The van der Waals surface area contributed by atoms with Crippen LogP contribution in [0.2, 0.25) is 12.1 Å². The molecule has 3 aromatic carbocycles. The van der Waals surface area contributed by atoms with Crippen LogP contribution >= 0.6 is 0 Å². The predicted octanol–water partition coefficient (Wildman–Crippen LogP) is 4.57. The van der Waals surface area contributed by atoms with Crippen LogP contribution in [0.15, 0.2) is 60.7 Å². The Morgan fingerprint density at radius 3 is 1.88 bits per heavy atom. The highest BCUT2D eigenvalue weighted by molar-refractivity contribution is 7.03. The molecule has 4 heterocycles. The summed E-state index contributed by atoms with van der Waals surface area (Å²) >= 11 is 0. The van der Waals surface area contributed by atoms with Crippen molar-refractivity contribution in [1.82, 2.24) is 10.2 Å². The van der Waals surface area contributed by atoms with Gasteiger partial charge in [0.25, 0.3) is 17.7 Å². The number of nitrogens with zero attached hydrogens (tertiary/aromatic N) is 3. The second-order valence-electron chi connectivity index (χ2n) is 14.0. The van der Waals surface area contributed by atoms with E-state index in [1.54, 1.807) is 12.1 Å². The Labute approximate surface area is 306 Å². The van der Waals surface area contributed by atoms with Crippen molar-refractivity contribution in [3.63, 3.8) is 0 Å². The molecule has 1 N–H and O–H groups in total. The molecule has 3 amide bonds. The molecule has 1 saturated heterocycles. The summed E-state index contributed by atoms with van der Waals surface area (Å²) in [6.07, 6.45) is 5.97. The Morgan fingerprint density at radius 2 is 1.37 bits per heavy atom. The van der Waals surface area contributed by atoms with E-state index in [2.05, 4.69) is 79.2 Å². The smallest absolute Gasteiger partial charge is 0.340 e. The molecule has 0 bridgehead atoms. The van der Waals surface area contributed by atoms with Crippen LogP contribution in [0.3, 0.4) is 0 Å². The molecule has 7 rings (SSSR count). The van der Waals surface area contributed by atoms with Gasteiger partial charge >= 0.3 is 5.97 Å². The van der Waals surface area contributed by atoms with Crippen molar-refractivity contribution >= 4 is 53.5 Å². The minimum absolute atomic E-state index is 0.0341. The van der Waals surface area contributed by atoms with E-state index < -0.39 is 37.4 Å². The number of hydrogen-bond donors (Lipinski definition) is 1. The quantitative estimate of drug-likeness (QED) is 0.175. The van der Waals surface area contributed by atoms with Gasteiger partial charge in [0.1, 0.15) is 13.8 Å². The van der Waals surface area contributed by atoms with Crippen molar-refractivity contribution in [3.8, 4) is 5.75 Å². The number of nitrogens with one attached hydrogen (secondary N) is 1. The number of fused-ring (bicyclic) bond motifs is 8. The molecule has 0 atom stereocenters. The number of imide groups is 1. The van der Waals surface area contributed by atoms with Gasteiger partial charge in [0.15, 0.2) is 5.60 Å². The van der Waals surface area contributed by atoms with E-state index in [0.717, 1.165) is 67.1 Å². The fraction of sp³-hybridized carbons (Fsp3) is 0.415. The van der Waals surface area contributed by atoms with Gasteiger partial charge in [0.2, 0.25) is 0 Å². The third kappa shape index (κ3) is 5.43. The van der Waals surface area contributed by atoms with E-state index in [1.165, 1.54) is 47.4 Å². The second kappa shape index (κ2) is 13.9. The van der Waals surface area contributed by atoms with Crippen LogP contribution in [0.4, 0.5) is 11.4 Å². The summed E-state index contributed by atoms with van der Waals surface area (Å²) in [5.74, 6) is -1.48. The summed E-state index contributed by atoms with van der Waals surface area (Å²) in [6, 6.07) is 19.1. The van der Waals surface area contributed by atoms with Gasteiger partial charge in [0, 0.05) is 79.5 Å². The maximum absolute atomic E-state index is 14.1. The average Bonchev–Trinajstić information content (AvgIpc) is 3.65. The number of esters is 1. The van der Waals surface area contributed by atoms with Gasteiger partial charge in [-0.05, 0) is 86.6 Å². The number of rotatable bonds is 11. The fourth-order valence-corrected chi connectivity index (χ4v) is 14.8. The number of carbonyl (C=O) groups is 4. The zero-order valence-electron chi connectivity index (χ0n) is 30.8. The van der Waals surface area contributed by atoms with E-state index >= 15 is 0 Å². The maximum atomic E-state index is 14.1. The van der Waals surface area contributed by atoms with Crippen LogP contribution in [0.1, 0.15) is 84.4 Å². The first-order chi connectivity index (χ1) is 25.2. The highest BCUT2D eigenvalue weighted by Gasteiger charge is 2.59. The summed E-state index contributed by atoms with van der Waals surface area (Å²) in [7, 11) is -0.895. The molecule has 10 nitrogen and oxygen atoms in total. The predicted molar refractivity (Wildman–Crippen MR) is 205 cm³/mol. The van der Waals surface area contributed by atoms with E-state index in [-0.39, 0.29) is 24.4 Å². The summed E-state index contributed by atoms with van der Waals surface area (Å²) in [5, 5.41) is 5.50. The van der Waals surface area contributed by atoms with E-state index in [9.17, 15) is 19.2 Å². The van der Waals surface area contributed by atoms with Crippen LogP contribution in [-0.4, -0.2) is 83.0 Å². The molecule has 272 valence electrons. The molecule has 0 radical (unpaired) electrons. The van der Waals surface area contributed by atoms with E-state index in [4.69, 9.17) is 9.47 Å². The fourth-order valence-electron chi connectivity index (χ4n) is 9.09. The third-order valence-electron chi connectivity index (χ3n) is 11.7. The lowest BCUT2D eigenvalue weighted by molar-refractivity contribution is -0.136. The highest BCUT2D eigenvalue weighted by Crippen LogP contribution is 2.52. The average molecular weight is 721 g/mol. The maximum Gasteiger partial charge on any atom is 0.340 e. The van der Waals surface area contributed by atoms with E-state index in [1.807, 2.05) is 0 Å². The van der Waals surface area contributed by atoms with Gasteiger partial charge in [-0.3, -0.25) is 19.3 Å². The number of anilines is 2. The van der Waals surface area contributed by atoms with Crippen LogP contribution in [0.5, 0.6) is 5.75 Å².